The van der Waals surface area contributed by atoms with Crippen LogP contribution in [0.15, 0.2) is 57.7 Å². The lowest BCUT2D eigenvalue weighted by atomic mass is 9.91. The van der Waals surface area contributed by atoms with Crippen LogP contribution in [0.2, 0.25) is 0 Å². The van der Waals surface area contributed by atoms with Gasteiger partial charge in [-0.15, -0.1) is 0 Å². The molecule has 0 aliphatic heterocycles. The van der Waals surface area contributed by atoms with Gasteiger partial charge in [-0.2, -0.15) is 5.26 Å². The van der Waals surface area contributed by atoms with Crippen molar-refractivity contribution in [2.24, 2.45) is 5.92 Å². The summed E-state index contributed by atoms with van der Waals surface area (Å²) >= 11 is 0. The first-order valence-corrected chi connectivity index (χ1v) is 9.53. The summed E-state index contributed by atoms with van der Waals surface area (Å²) in [5.74, 6) is 0.608. The minimum absolute atomic E-state index is 0.608. The Labute approximate surface area is 156 Å². The molecule has 0 fully saturated rings. The molecule has 0 amide bonds. The normalized spacial score (nSPS) is 15.0. The molecule has 0 radical (unpaired) electrons. The van der Waals surface area contributed by atoms with E-state index < -0.39 is 0 Å². The molecular weight excluding hydrogens is 302 g/mol. The second-order valence-electron chi connectivity index (χ2n) is 7.15. The van der Waals surface area contributed by atoms with E-state index in [9.17, 15) is 5.26 Å². The summed E-state index contributed by atoms with van der Waals surface area (Å²) in [6.07, 6.45) is 13.4. The van der Waals surface area contributed by atoms with Gasteiger partial charge < -0.3 is 0 Å². The summed E-state index contributed by atoms with van der Waals surface area (Å²) in [6.45, 7) is 17.1. The van der Waals surface area contributed by atoms with E-state index in [0.717, 1.165) is 17.6 Å². The van der Waals surface area contributed by atoms with E-state index in [2.05, 4.69) is 65.8 Å². The van der Waals surface area contributed by atoms with Crippen molar-refractivity contribution in [2.75, 3.05) is 0 Å². The maximum atomic E-state index is 9.28. The predicted octanol–water partition coefficient (Wildman–Crippen LogP) is 7.85. The van der Waals surface area contributed by atoms with Crippen molar-refractivity contribution in [3.8, 4) is 6.07 Å². The molecule has 1 heteroatoms. The molecule has 138 valence electrons. The largest absolute Gasteiger partial charge is 0.192 e. The Hall–Kier alpha value is -1.81. The van der Waals surface area contributed by atoms with Crippen LogP contribution in [0.4, 0.5) is 0 Å². The van der Waals surface area contributed by atoms with Crippen molar-refractivity contribution in [1.29, 1.82) is 5.26 Å². The first-order valence-electron chi connectivity index (χ1n) is 9.53. The van der Waals surface area contributed by atoms with Crippen LogP contribution in [0.25, 0.3) is 0 Å². The molecule has 1 atom stereocenters. The van der Waals surface area contributed by atoms with Crippen molar-refractivity contribution in [3.63, 3.8) is 0 Å². The summed E-state index contributed by atoms with van der Waals surface area (Å²) < 4.78 is 0. The summed E-state index contributed by atoms with van der Waals surface area (Å²) in [5.41, 5.74) is 7.13. The molecular formula is C24H37N. The van der Waals surface area contributed by atoms with E-state index in [1.807, 2.05) is 19.9 Å². The van der Waals surface area contributed by atoms with Gasteiger partial charge in [0.05, 0.1) is 11.6 Å². The number of unbranched alkanes of at least 4 members (excludes halogenated alkanes) is 1. The molecule has 1 unspecified atom stereocenters. The second-order valence-corrected chi connectivity index (χ2v) is 7.15. The maximum absolute atomic E-state index is 9.28. The molecule has 0 aliphatic carbocycles. The Morgan fingerprint density at radius 1 is 1.08 bits per heavy atom. The van der Waals surface area contributed by atoms with Crippen molar-refractivity contribution in [1.82, 2.24) is 0 Å². The first-order chi connectivity index (χ1) is 11.8. The molecule has 0 saturated heterocycles. The number of rotatable bonds is 9. The van der Waals surface area contributed by atoms with Crippen LogP contribution in [-0.2, 0) is 0 Å². The molecule has 0 rings (SSSR count). The third-order valence-electron chi connectivity index (χ3n) is 4.90. The van der Waals surface area contributed by atoms with Gasteiger partial charge in [0.25, 0.3) is 0 Å². The number of nitrogens with zero attached hydrogens (tertiary/aromatic N) is 1. The molecule has 0 saturated carbocycles. The van der Waals surface area contributed by atoms with Crippen LogP contribution in [0.1, 0.15) is 81.1 Å². The van der Waals surface area contributed by atoms with E-state index >= 15 is 0 Å². The summed E-state index contributed by atoms with van der Waals surface area (Å²) in [4.78, 5) is 0. The summed E-state index contributed by atoms with van der Waals surface area (Å²) in [6, 6.07) is 2.30. The highest BCUT2D eigenvalue weighted by molar-refractivity contribution is 5.46. The van der Waals surface area contributed by atoms with Gasteiger partial charge in [0, 0.05) is 0 Å². The van der Waals surface area contributed by atoms with Crippen molar-refractivity contribution in [3.05, 3.63) is 57.7 Å². The van der Waals surface area contributed by atoms with Crippen LogP contribution in [0.5, 0.6) is 0 Å². The highest BCUT2D eigenvalue weighted by Gasteiger charge is 2.07. The molecule has 0 aromatic heterocycles. The van der Waals surface area contributed by atoms with Gasteiger partial charge in [-0.1, -0.05) is 43.2 Å². The van der Waals surface area contributed by atoms with E-state index in [1.165, 1.54) is 41.6 Å². The van der Waals surface area contributed by atoms with Gasteiger partial charge in [-0.25, -0.2) is 0 Å². The fourth-order valence-electron chi connectivity index (χ4n) is 2.70. The fraction of sp³-hybridized carbons (Fsp3) is 0.542. The first kappa shape index (κ1) is 23.2. The third kappa shape index (κ3) is 8.73. The molecule has 0 heterocycles. The van der Waals surface area contributed by atoms with Crippen molar-refractivity contribution < 1.29 is 0 Å². The van der Waals surface area contributed by atoms with Crippen LogP contribution in [0.3, 0.4) is 0 Å². The van der Waals surface area contributed by atoms with Gasteiger partial charge in [0.2, 0.25) is 0 Å². The number of nitriles is 1. The van der Waals surface area contributed by atoms with Gasteiger partial charge in [-0.3, -0.25) is 0 Å². The molecule has 0 aromatic rings. The Kier molecular flexibility index (Phi) is 11.6. The number of hydrogen-bond acceptors (Lipinski definition) is 1. The van der Waals surface area contributed by atoms with Crippen LogP contribution >= 0.6 is 0 Å². The van der Waals surface area contributed by atoms with Crippen LogP contribution < -0.4 is 0 Å². The van der Waals surface area contributed by atoms with E-state index in [0.29, 0.717) is 5.92 Å². The molecule has 0 N–H and O–H groups in total. The summed E-state index contributed by atoms with van der Waals surface area (Å²) in [5, 5.41) is 9.28. The molecule has 0 bridgehead atoms. The zero-order valence-electron chi connectivity index (χ0n) is 17.7. The highest BCUT2D eigenvalue weighted by Crippen LogP contribution is 2.24. The van der Waals surface area contributed by atoms with Gasteiger partial charge in [0.1, 0.15) is 0 Å². The minimum Gasteiger partial charge on any atom is -0.192 e. The van der Waals surface area contributed by atoms with Gasteiger partial charge >= 0.3 is 0 Å². The topological polar surface area (TPSA) is 23.8 Å². The minimum atomic E-state index is 0.608. The quantitative estimate of drug-likeness (QED) is 0.181. The predicted molar refractivity (Wildman–Crippen MR) is 112 cm³/mol. The molecule has 0 aromatic carbocycles. The summed E-state index contributed by atoms with van der Waals surface area (Å²) in [7, 11) is 0. The van der Waals surface area contributed by atoms with Gasteiger partial charge in [-0.05, 0) is 95.9 Å². The second kappa shape index (κ2) is 12.5. The molecule has 0 spiro atoms. The van der Waals surface area contributed by atoms with Crippen LogP contribution in [0, 0.1) is 17.2 Å². The van der Waals surface area contributed by atoms with Crippen molar-refractivity contribution in [2.45, 2.75) is 81.1 Å². The van der Waals surface area contributed by atoms with Crippen molar-refractivity contribution >= 4 is 0 Å². The molecule has 1 nitrogen and oxygen atoms in total. The zero-order valence-corrected chi connectivity index (χ0v) is 17.7. The molecule has 25 heavy (non-hydrogen) atoms. The number of hydrogen-bond donors (Lipinski definition) is 0. The lowest BCUT2D eigenvalue weighted by Crippen LogP contribution is -1.98. The third-order valence-corrected chi connectivity index (χ3v) is 4.90. The van der Waals surface area contributed by atoms with E-state index in [1.54, 1.807) is 0 Å². The highest BCUT2D eigenvalue weighted by atomic mass is 14.2. The average Bonchev–Trinajstić information content (AvgIpc) is 2.59. The lowest BCUT2D eigenvalue weighted by Gasteiger charge is -2.14. The monoisotopic (exact) mass is 339 g/mol. The van der Waals surface area contributed by atoms with E-state index in [4.69, 9.17) is 0 Å². The SMILES string of the molecule is C/C=C/CCCC(C)/C(C)=C/C(CC)=C(C)\C(C)=C\C(C#N)=C(C)C. The van der Waals surface area contributed by atoms with Gasteiger partial charge in [0.15, 0.2) is 0 Å². The zero-order chi connectivity index (χ0) is 19.4. The Morgan fingerprint density at radius 2 is 1.72 bits per heavy atom. The smallest absolute Gasteiger partial charge is 0.0991 e. The fourth-order valence-corrected chi connectivity index (χ4v) is 2.70. The Balaban J connectivity index is 5.40. The Morgan fingerprint density at radius 3 is 2.20 bits per heavy atom. The standard InChI is InChI=1S/C24H37N/c1-9-11-12-13-14-19(5)20(6)15-23(10-2)22(8)21(7)16-24(17-25)18(3)4/h9,11,15-16,19H,10,12-14H2,1-8H3/b11-9+,20-15+,21-16+,23-22-. The lowest BCUT2D eigenvalue weighted by molar-refractivity contribution is 0.582. The maximum Gasteiger partial charge on any atom is 0.0991 e. The Bertz CT molecular complexity index is 611. The average molecular weight is 340 g/mol. The van der Waals surface area contributed by atoms with Crippen LogP contribution in [-0.4, -0.2) is 0 Å². The molecule has 0 aliphatic rings. The van der Waals surface area contributed by atoms with E-state index in [-0.39, 0.29) is 0 Å². The number of allylic oxidation sites excluding steroid dienone is 10.